The van der Waals surface area contributed by atoms with E-state index in [1.807, 2.05) is 5.92 Å². The molecule has 0 bridgehead atoms. The first-order valence-corrected chi connectivity index (χ1v) is 1.48. The second-order valence-corrected chi connectivity index (χ2v) is 0.598. The van der Waals surface area contributed by atoms with Crippen LogP contribution in [-0.2, 0) is 9.53 Å². The van der Waals surface area contributed by atoms with Gasteiger partial charge in [0, 0.05) is 0 Å². The Hall–Kier alpha value is -1.04. The Kier molecular flexibility index (Phi) is 4.22. The van der Waals surface area contributed by atoms with Gasteiger partial charge in [0.15, 0.2) is 6.67 Å². The van der Waals surface area contributed by atoms with E-state index in [9.17, 15) is 4.39 Å². The van der Waals surface area contributed by atoms with Crippen molar-refractivity contribution in [1.29, 1.82) is 0 Å². The summed E-state index contributed by atoms with van der Waals surface area (Å²) in [5.74, 6) is 1.85. The molecule has 0 amide bonds. The SMILES string of the molecule is O=[C]OC#CCF. The van der Waals surface area contributed by atoms with Crippen LogP contribution in [-0.4, -0.2) is 13.1 Å². The maximum atomic E-state index is 10.9. The summed E-state index contributed by atoms with van der Waals surface area (Å²) in [6.45, 7) is 0.208. The molecule has 0 aliphatic heterocycles. The van der Waals surface area contributed by atoms with Crippen LogP contribution < -0.4 is 0 Å². The molecule has 0 N–H and O–H groups in total. The average Bonchev–Trinajstić information content (AvgIpc) is 1.69. The van der Waals surface area contributed by atoms with Gasteiger partial charge in [0.05, 0.1) is 0 Å². The van der Waals surface area contributed by atoms with Crippen molar-refractivity contribution in [3.8, 4) is 12.0 Å². The standard InChI is InChI=1S/C4H2FO2/c5-2-1-3-7-4-6/h2H2. The Morgan fingerprint density at radius 2 is 2.43 bits per heavy atom. The minimum Gasteiger partial charge on any atom is -0.364 e. The van der Waals surface area contributed by atoms with Crippen LogP contribution in [0.15, 0.2) is 0 Å². The van der Waals surface area contributed by atoms with E-state index in [0.29, 0.717) is 0 Å². The molecule has 0 heterocycles. The van der Waals surface area contributed by atoms with E-state index in [4.69, 9.17) is 4.79 Å². The van der Waals surface area contributed by atoms with Crippen molar-refractivity contribution < 1.29 is 13.9 Å². The Morgan fingerprint density at radius 1 is 1.71 bits per heavy atom. The molecule has 0 atom stereocenters. The largest absolute Gasteiger partial charge is 0.432 e. The third-order valence-corrected chi connectivity index (χ3v) is 0.232. The van der Waals surface area contributed by atoms with E-state index in [1.54, 1.807) is 6.11 Å². The molecule has 0 fully saturated rings. The van der Waals surface area contributed by atoms with Gasteiger partial charge >= 0.3 is 6.47 Å². The predicted molar refractivity (Wildman–Crippen MR) is 20.5 cm³/mol. The van der Waals surface area contributed by atoms with E-state index in [1.165, 1.54) is 0 Å². The van der Waals surface area contributed by atoms with Crippen LogP contribution in [0.1, 0.15) is 0 Å². The molecule has 0 spiro atoms. The molecule has 2 nitrogen and oxygen atoms in total. The van der Waals surface area contributed by atoms with Gasteiger partial charge in [-0.3, -0.25) is 0 Å². The number of hydrogen-bond donors (Lipinski definition) is 0. The number of carbonyl (C=O) groups excluding carboxylic acids is 1. The van der Waals surface area contributed by atoms with Crippen LogP contribution in [0.3, 0.4) is 0 Å². The van der Waals surface area contributed by atoms with Gasteiger partial charge in [-0.1, -0.05) is 0 Å². The van der Waals surface area contributed by atoms with Crippen LogP contribution in [0.4, 0.5) is 4.39 Å². The predicted octanol–water partition coefficient (Wildman–Crippen LogP) is 0.000600. The summed E-state index contributed by atoms with van der Waals surface area (Å²) in [5.41, 5.74) is 0. The van der Waals surface area contributed by atoms with Crippen molar-refractivity contribution >= 4 is 6.47 Å². The lowest BCUT2D eigenvalue weighted by Gasteiger charge is -1.67. The molecule has 7 heavy (non-hydrogen) atoms. The zero-order valence-corrected chi connectivity index (χ0v) is 3.40. The molecule has 0 aromatic carbocycles. The van der Waals surface area contributed by atoms with Crippen LogP contribution in [0.2, 0.25) is 0 Å². The first kappa shape index (κ1) is 5.96. The second kappa shape index (κ2) is 4.96. The van der Waals surface area contributed by atoms with Gasteiger partial charge in [-0.05, 0) is 5.92 Å². The number of rotatable bonds is 1. The molecule has 0 aliphatic carbocycles. The molecular formula is C4H2FO2. The van der Waals surface area contributed by atoms with Gasteiger partial charge in [0.25, 0.3) is 0 Å². The van der Waals surface area contributed by atoms with E-state index in [2.05, 4.69) is 4.74 Å². The normalized spacial score (nSPS) is 5.86. The lowest BCUT2D eigenvalue weighted by molar-refractivity contribution is 0.419. The van der Waals surface area contributed by atoms with E-state index in [0.717, 1.165) is 6.47 Å². The van der Waals surface area contributed by atoms with Gasteiger partial charge < -0.3 is 4.74 Å². The van der Waals surface area contributed by atoms with Crippen molar-refractivity contribution in [3.05, 3.63) is 0 Å². The van der Waals surface area contributed by atoms with Crippen molar-refractivity contribution in [1.82, 2.24) is 0 Å². The van der Waals surface area contributed by atoms with Gasteiger partial charge in [-0.2, -0.15) is 0 Å². The van der Waals surface area contributed by atoms with Crippen molar-refractivity contribution in [2.75, 3.05) is 6.67 Å². The van der Waals surface area contributed by atoms with Gasteiger partial charge in [-0.15, -0.1) is 0 Å². The van der Waals surface area contributed by atoms with Crippen molar-refractivity contribution in [2.24, 2.45) is 0 Å². The Balaban J connectivity index is 3.06. The summed E-state index contributed by atoms with van der Waals surface area (Å²) in [6, 6.07) is 0. The number of hydrogen-bond acceptors (Lipinski definition) is 2. The Labute approximate surface area is 40.3 Å². The highest BCUT2D eigenvalue weighted by Crippen LogP contribution is 1.60. The second-order valence-electron chi connectivity index (χ2n) is 0.598. The molecule has 0 aromatic rings. The summed E-state index contributed by atoms with van der Waals surface area (Å²) in [4.78, 5) is 9.11. The molecule has 1 radical (unpaired) electrons. The average molecular weight is 101 g/mol. The quantitative estimate of drug-likeness (QED) is 0.434. The minimum absolute atomic E-state index is 0.804. The summed E-state index contributed by atoms with van der Waals surface area (Å²) < 4.78 is 14.6. The third kappa shape index (κ3) is 4.96. The fourth-order valence-corrected chi connectivity index (χ4v) is 0.0842. The maximum absolute atomic E-state index is 10.9. The number of alkyl halides is 1. The molecule has 0 aromatic heterocycles. The highest BCUT2D eigenvalue weighted by Gasteiger charge is 1.66. The molecule has 0 aliphatic rings. The van der Waals surface area contributed by atoms with Crippen molar-refractivity contribution in [2.45, 2.75) is 0 Å². The molecule has 0 unspecified atom stereocenters. The van der Waals surface area contributed by atoms with Crippen LogP contribution >= 0.6 is 0 Å². The van der Waals surface area contributed by atoms with E-state index < -0.39 is 6.67 Å². The van der Waals surface area contributed by atoms with Gasteiger partial charge in [0.2, 0.25) is 0 Å². The van der Waals surface area contributed by atoms with Crippen molar-refractivity contribution in [3.63, 3.8) is 0 Å². The summed E-state index contributed by atoms with van der Waals surface area (Å²) in [7, 11) is 0. The fraction of sp³-hybridized carbons (Fsp3) is 0.250. The zero-order chi connectivity index (χ0) is 5.54. The number of ether oxygens (including phenoxy) is 1. The molecule has 37 valence electrons. The minimum atomic E-state index is -0.804. The first-order chi connectivity index (χ1) is 3.41. The molecule has 0 rings (SSSR count). The summed E-state index contributed by atoms with van der Waals surface area (Å²) in [6.07, 6.45) is 1.74. The first-order valence-electron chi connectivity index (χ1n) is 1.48. The third-order valence-electron chi connectivity index (χ3n) is 0.232. The lowest BCUT2D eigenvalue weighted by Crippen LogP contribution is -1.72. The van der Waals surface area contributed by atoms with E-state index >= 15 is 0 Å². The highest BCUT2D eigenvalue weighted by atomic mass is 19.1. The number of halogens is 1. The Morgan fingerprint density at radius 3 is 2.86 bits per heavy atom. The van der Waals surface area contributed by atoms with E-state index in [-0.39, 0.29) is 0 Å². The van der Waals surface area contributed by atoms with Gasteiger partial charge in [0.1, 0.15) is 6.11 Å². The molecule has 0 saturated heterocycles. The molecule has 3 heteroatoms. The van der Waals surface area contributed by atoms with Crippen LogP contribution in [0.25, 0.3) is 0 Å². The molecule has 0 saturated carbocycles. The van der Waals surface area contributed by atoms with Crippen LogP contribution in [0.5, 0.6) is 0 Å². The fourth-order valence-electron chi connectivity index (χ4n) is 0.0842. The summed E-state index contributed by atoms with van der Waals surface area (Å²) >= 11 is 0. The smallest absolute Gasteiger partial charge is 0.364 e. The van der Waals surface area contributed by atoms with Crippen LogP contribution in [0, 0.1) is 12.0 Å². The lowest BCUT2D eigenvalue weighted by atomic mass is 10.8. The highest BCUT2D eigenvalue weighted by molar-refractivity contribution is 5.40. The molecular weight excluding hydrogens is 99.0 g/mol. The van der Waals surface area contributed by atoms with Gasteiger partial charge in [-0.25, -0.2) is 9.18 Å². The maximum Gasteiger partial charge on any atom is 0.432 e. The Bertz CT molecular complexity index is 100.0. The monoisotopic (exact) mass is 101 g/mol. The topological polar surface area (TPSA) is 26.3 Å². The zero-order valence-electron chi connectivity index (χ0n) is 3.40. The summed E-state index contributed by atoms with van der Waals surface area (Å²) in [5, 5.41) is 0.